The van der Waals surface area contributed by atoms with Crippen molar-refractivity contribution in [2.24, 2.45) is 5.92 Å². The van der Waals surface area contributed by atoms with E-state index in [9.17, 15) is 0 Å². The SMILES string of the molecule is CCNC(Cc1cc(C)cc(C)c1)CC1CCCCCC1. The molecule has 118 valence electrons. The van der Waals surface area contributed by atoms with Gasteiger partial charge in [0.1, 0.15) is 0 Å². The lowest BCUT2D eigenvalue weighted by molar-refractivity contribution is 0.353. The maximum atomic E-state index is 3.74. The second-order valence-electron chi connectivity index (χ2n) is 7.05. The zero-order valence-corrected chi connectivity index (χ0v) is 14.3. The number of benzene rings is 1. The summed E-state index contributed by atoms with van der Waals surface area (Å²) in [4.78, 5) is 0. The van der Waals surface area contributed by atoms with E-state index in [2.05, 4.69) is 44.3 Å². The predicted octanol–water partition coefficient (Wildman–Crippen LogP) is 5.18. The second kappa shape index (κ2) is 8.58. The minimum Gasteiger partial charge on any atom is -0.314 e. The molecular formula is C20H33N. The molecule has 0 radical (unpaired) electrons. The van der Waals surface area contributed by atoms with Gasteiger partial charge in [-0.2, -0.15) is 0 Å². The normalized spacial score (nSPS) is 18.4. The van der Waals surface area contributed by atoms with Crippen LogP contribution in [-0.2, 0) is 6.42 Å². The standard InChI is InChI=1S/C20H33N/c1-4-21-20(14-18-9-7-5-6-8-10-18)15-19-12-16(2)11-17(3)13-19/h11-13,18,20-21H,4-10,14-15H2,1-3H3. The van der Waals surface area contributed by atoms with E-state index >= 15 is 0 Å². The first-order valence-electron chi connectivity index (χ1n) is 8.98. The quantitative estimate of drug-likeness (QED) is 0.710. The van der Waals surface area contributed by atoms with Crippen molar-refractivity contribution >= 4 is 0 Å². The highest BCUT2D eigenvalue weighted by molar-refractivity contribution is 5.29. The maximum Gasteiger partial charge on any atom is 0.0110 e. The van der Waals surface area contributed by atoms with Gasteiger partial charge in [0.2, 0.25) is 0 Å². The topological polar surface area (TPSA) is 12.0 Å². The van der Waals surface area contributed by atoms with Crippen molar-refractivity contribution < 1.29 is 0 Å². The summed E-state index contributed by atoms with van der Waals surface area (Å²) in [5.74, 6) is 0.947. The van der Waals surface area contributed by atoms with E-state index in [0.29, 0.717) is 6.04 Å². The first-order valence-corrected chi connectivity index (χ1v) is 8.98. The van der Waals surface area contributed by atoms with E-state index in [4.69, 9.17) is 0 Å². The van der Waals surface area contributed by atoms with Crippen molar-refractivity contribution in [2.75, 3.05) is 6.54 Å². The summed E-state index contributed by atoms with van der Waals surface area (Å²) in [5.41, 5.74) is 4.30. The van der Waals surface area contributed by atoms with E-state index < -0.39 is 0 Å². The van der Waals surface area contributed by atoms with Crippen molar-refractivity contribution in [3.8, 4) is 0 Å². The molecule has 1 saturated carbocycles. The molecule has 0 spiro atoms. The molecule has 0 heterocycles. The minimum atomic E-state index is 0.652. The third-order valence-corrected chi connectivity index (χ3v) is 4.85. The van der Waals surface area contributed by atoms with Gasteiger partial charge in [0.05, 0.1) is 0 Å². The molecule has 1 aromatic rings. The molecular weight excluding hydrogens is 254 g/mol. The highest BCUT2D eigenvalue weighted by Gasteiger charge is 2.18. The lowest BCUT2D eigenvalue weighted by Gasteiger charge is -2.24. The van der Waals surface area contributed by atoms with E-state index in [1.165, 1.54) is 68.1 Å². The van der Waals surface area contributed by atoms with Gasteiger partial charge in [-0.15, -0.1) is 0 Å². The lowest BCUT2D eigenvalue weighted by atomic mass is 9.89. The highest BCUT2D eigenvalue weighted by atomic mass is 14.9. The Morgan fingerprint density at radius 3 is 2.19 bits per heavy atom. The molecule has 0 aromatic heterocycles. The molecule has 1 aliphatic carbocycles. The molecule has 0 amide bonds. The average molecular weight is 287 g/mol. The van der Waals surface area contributed by atoms with Crippen molar-refractivity contribution in [3.63, 3.8) is 0 Å². The molecule has 1 aromatic carbocycles. The Morgan fingerprint density at radius 2 is 1.62 bits per heavy atom. The summed E-state index contributed by atoms with van der Waals surface area (Å²) in [7, 11) is 0. The molecule has 21 heavy (non-hydrogen) atoms. The van der Waals surface area contributed by atoms with Crippen LogP contribution in [0.4, 0.5) is 0 Å². The fraction of sp³-hybridized carbons (Fsp3) is 0.700. The molecule has 0 bridgehead atoms. The molecule has 1 aliphatic rings. The average Bonchev–Trinajstić information content (AvgIpc) is 2.66. The molecule has 0 aliphatic heterocycles. The van der Waals surface area contributed by atoms with Crippen LogP contribution < -0.4 is 5.32 Å². The molecule has 1 fully saturated rings. The van der Waals surface area contributed by atoms with E-state index in [-0.39, 0.29) is 0 Å². The molecule has 1 nitrogen and oxygen atoms in total. The van der Waals surface area contributed by atoms with Crippen LogP contribution in [0.5, 0.6) is 0 Å². The summed E-state index contributed by atoms with van der Waals surface area (Å²) in [6, 6.07) is 7.66. The highest BCUT2D eigenvalue weighted by Crippen LogP contribution is 2.27. The summed E-state index contributed by atoms with van der Waals surface area (Å²) < 4.78 is 0. The number of hydrogen-bond acceptors (Lipinski definition) is 1. The molecule has 1 atom stereocenters. The summed E-state index contributed by atoms with van der Waals surface area (Å²) >= 11 is 0. The number of nitrogens with one attached hydrogen (secondary N) is 1. The summed E-state index contributed by atoms with van der Waals surface area (Å²) in [5, 5.41) is 3.74. The van der Waals surface area contributed by atoms with Crippen molar-refractivity contribution in [1.29, 1.82) is 0 Å². The van der Waals surface area contributed by atoms with Crippen LogP contribution in [-0.4, -0.2) is 12.6 Å². The van der Waals surface area contributed by atoms with Gasteiger partial charge in [0, 0.05) is 6.04 Å². The number of likely N-dealkylation sites (N-methyl/N-ethyl adjacent to an activating group) is 1. The van der Waals surface area contributed by atoms with Crippen LogP contribution in [0.3, 0.4) is 0 Å². The Balaban J connectivity index is 1.97. The molecule has 1 N–H and O–H groups in total. The van der Waals surface area contributed by atoms with E-state index in [0.717, 1.165) is 12.5 Å². The van der Waals surface area contributed by atoms with Gasteiger partial charge in [-0.05, 0) is 44.7 Å². The Kier molecular flexibility index (Phi) is 6.76. The molecule has 0 saturated heterocycles. The maximum absolute atomic E-state index is 3.74. The third-order valence-electron chi connectivity index (χ3n) is 4.85. The largest absolute Gasteiger partial charge is 0.314 e. The minimum absolute atomic E-state index is 0.652. The van der Waals surface area contributed by atoms with Gasteiger partial charge < -0.3 is 5.32 Å². The van der Waals surface area contributed by atoms with Crippen molar-refractivity contribution in [3.05, 3.63) is 34.9 Å². The van der Waals surface area contributed by atoms with Gasteiger partial charge >= 0.3 is 0 Å². The third kappa shape index (κ3) is 5.82. The van der Waals surface area contributed by atoms with Crippen molar-refractivity contribution in [1.82, 2.24) is 5.32 Å². The Labute approximate surface area is 131 Å². The van der Waals surface area contributed by atoms with Crippen LogP contribution in [0, 0.1) is 19.8 Å². The summed E-state index contributed by atoms with van der Waals surface area (Å²) in [6.45, 7) is 7.75. The fourth-order valence-electron chi connectivity index (χ4n) is 4.00. The van der Waals surface area contributed by atoms with Crippen molar-refractivity contribution in [2.45, 2.75) is 78.2 Å². The predicted molar refractivity (Wildman–Crippen MR) is 92.9 cm³/mol. The van der Waals surface area contributed by atoms with E-state index in [1.807, 2.05) is 0 Å². The second-order valence-corrected chi connectivity index (χ2v) is 7.05. The smallest absolute Gasteiger partial charge is 0.0110 e. The molecule has 1 unspecified atom stereocenters. The lowest BCUT2D eigenvalue weighted by Crippen LogP contribution is -2.33. The Bertz CT molecular complexity index is 396. The van der Waals surface area contributed by atoms with Gasteiger partial charge in [0.25, 0.3) is 0 Å². The Hall–Kier alpha value is -0.820. The Morgan fingerprint density at radius 1 is 1.00 bits per heavy atom. The van der Waals surface area contributed by atoms with Gasteiger partial charge in [-0.25, -0.2) is 0 Å². The first kappa shape index (κ1) is 16.5. The monoisotopic (exact) mass is 287 g/mol. The number of hydrogen-bond donors (Lipinski definition) is 1. The van der Waals surface area contributed by atoms with Crippen LogP contribution in [0.15, 0.2) is 18.2 Å². The van der Waals surface area contributed by atoms with Crippen LogP contribution >= 0.6 is 0 Å². The number of rotatable bonds is 6. The van der Waals surface area contributed by atoms with Crippen LogP contribution in [0.2, 0.25) is 0 Å². The molecule has 2 rings (SSSR count). The van der Waals surface area contributed by atoms with Crippen LogP contribution in [0.25, 0.3) is 0 Å². The van der Waals surface area contributed by atoms with Gasteiger partial charge in [0.15, 0.2) is 0 Å². The first-order chi connectivity index (χ1) is 10.2. The number of aryl methyl sites for hydroxylation is 2. The van der Waals surface area contributed by atoms with Gasteiger partial charge in [-0.3, -0.25) is 0 Å². The van der Waals surface area contributed by atoms with Gasteiger partial charge in [-0.1, -0.05) is 74.8 Å². The molecule has 1 heteroatoms. The van der Waals surface area contributed by atoms with E-state index in [1.54, 1.807) is 0 Å². The summed E-state index contributed by atoms with van der Waals surface area (Å²) in [6.07, 6.45) is 11.3. The fourth-order valence-corrected chi connectivity index (χ4v) is 4.00. The zero-order chi connectivity index (χ0) is 15.1. The van der Waals surface area contributed by atoms with Crippen LogP contribution in [0.1, 0.15) is 68.6 Å². The zero-order valence-electron chi connectivity index (χ0n) is 14.3.